The van der Waals surface area contributed by atoms with E-state index in [0.29, 0.717) is 0 Å². The van der Waals surface area contributed by atoms with Crippen LogP contribution in [-0.2, 0) is 9.47 Å². The Morgan fingerprint density at radius 3 is 2.31 bits per heavy atom. The molecule has 0 aliphatic rings. The number of hydrogen-bond donors (Lipinski definition) is 0. The fraction of sp³-hybridized carbons (Fsp3) is 0.714. The predicted molar refractivity (Wildman–Crippen MR) is 69.5 cm³/mol. The maximum absolute atomic E-state index is 5.29. The lowest BCUT2D eigenvalue weighted by Gasteiger charge is -2.12. The van der Waals surface area contributed by atoms with Gasteiger partial charge in [-0.15, -0.1) is 0 Å². The van der Waals surface area contributed by atoms with Gasteiger partial charge in [-0.2, -0.15) is 0 Å². The Hall–Kier alpha value is -0.760. The van der Waals surface area contributed by atoms with Gasteiger partial charge in [0, 0.05) is 7.11 Å². The molecule has 0 saturated carbocycles. The molecule has 2 nitrogen and oxygen atoms in total. The molecule has 0 aromatic carbocycles. The molecule has 0 spiro atoms. The predicted octanol–water partition coefficient (Wildman–Crippen LogP) is 4.08. The van der Waals surface area contributed by atoms with E-state index < -0.39 is 0 Å². The molecule has 0 bridgehead atoms. The number of hydrogen-bond acceptors (Lipinski definition) is 2. The Kier molecular flexibility index (Phi) is 9.02. The third-order valence-corrected chi connectivity index (χ3v) is 2.74. The summed E-state index contributed by atoms with van der Waals surface area (Å²) in [5, 5.41) is 0. The van der Waals surface area contributed by atoms with E-state index in [0.717, 1.165) is 18.6 Å². The van der Waals surface area contributed by atoms with Crippen molar-refractivity contribution in [1.82, 2.24) is 0 Å². The van der Waals surface area contributed by atoms with Crippen LogP contribution in [0.4, 0.5) is 0 Å². The summed E-state index contributed by atoms with van der Waals surface area (Å²) in [5.41, 5.74) is 1.53. The lowest BCUT2D eigenvalue weighted by Crippen LogP contribution is -2.10. The third kappa shape index (κ3) is 5.96. The number of methoxy groups -OCH3 is 2. The highest BCUT2D eigenvalue weighted by Gasteiger charge is 2.05. The van der Waals surface area contributed by atoms with E-state index in [-0.39, 0.29) is 6.10 Å². The quantitative estimate of drug-likeness (QED) is 0.458. The molecule has 2 heteroatoms. The number of allylic oxidation sites excluding steroid dienone is 3. The molecule has 0 aliphatic carbocycles. The van der Waals surface area contributed by atoms with Gasteiger partial charge in [-0.05, 0) is 32.3 Å². The SMILES string of the molecule is CCC/C(=C/C/C=C(/OC)C(C)OC)CC. The van der Waals surface area contributed by atoms with Crippen LogP contribution in [0.3, 0.4) is 0 Å². The van der Waals surface area contributed by atoms with Gasteiger partial charge in [0.15, 0.2) is 0 Å². The second-order valence-corrected chi connectivity index (χ2v) is 3.89. The van der Waals surface area contributed by atoms with Gasteiger partial charge in [-0.25, -0.2) is 0 Å². The van der Waals surface area contributed by atoms with Gasteiger partial charge in [0.25, 0.3) is 0 Å². The van der Waals surface area contributed by atoms with E-state index in [2.05, 4.69) is 26.0 Å². The summed E-state index contributed by atoms with van der Waals surface area (Å²) in [6.07, 6.45) is 8.92. The van der Waals surface area contributed by atoms with Gasteiger partial charge in [0.1, 0.15) is 11.9 Å². The molecule has 0 radical (unpaired) electrons. The highest BCUT2D eigenvalue weighted by Crippen LogP contribution is 2.12. The Morgan fingerprint density at radius 2 is 1.88 bits per heavy atom. The first-order valence-electron chi connectivity index (χ1n) is 6.14. The summed E-state index contributed by atoms with van der Waals surface area (Å²) >= 11 is 0. The van der Waals surface area contributed by atoms with Crippen molar-refractivity contribution >= 4 is 0 Å². The molecule has 94 valence electrons. The molecule has 0 saturated heterocycles. The first kappa shape index (κ1) is 15.2. The van der Waals surface area contributed by atoms with Crippen molar-refractivity contribution < 1.29 is 9.47 Å². The monoisotopic (exact) mass is 226 g/mol. The molecule has 0 amide bonds. The molecule has 0 heterocycles. The van der Waals surface area contributed by atoms with Crippen molar-refractivity contribution in [3.05, 3.63) is 23.5 Å². The van der Waals surface area contributed by atoms with Crippen LogP contribution in [-0.4, -0.2) is 20.3 Å². The molecule has 0 aromatic rings. The van der Waals surface area contributed by atoms with Crippen LogP contribution in [0.1, 0.15) is 46.5 Å². The average molecular weight is 226 g/mol. The van der Waals surface area contributed by atoms with E-state index in [4.69, 9.17) is 9.47 Å². The first-order valence-corrected chi connectivity index (χ1v) is 6.14. The summed E-state index contributed by atoms with van der Waals surface area (Å²) in [4.78, 5) is 0. The van der Waals surface area contributed by atoms with Crippen LogP contribution >= 0.6 is 0 Å². The zero-order valence-corrected chi connectivity index (χ0v) is 11.4. The van der Waals surface area contributed by atoms with Gasteiger partial charge in [-0.3, -0.25) is 0 Å². The van der Waals surface area contributed by atoms with Gasteiger partial charge in [0.05, 0.1) is 7.11 Å². The van der Waals surface area contributed by atoms with Crippen molar-refractivity contribution in [2.75, 3.05) is 14.2 Å². The standard InChI is InChI=1S/C14H26O2/c1-6-9-13(7-2)10-8-11-14(16-5)12(3)15-4/h10-12H,6-9H2,1-5H3/b13-10+,14-11+. The Labute approximate surface area is 100 Å². The Morgan fingerprint density at radius 1 is 1.19 bits per heavy atom. The minimum Gasteiger partial charge on any atom is -0.499 e. The van der Waals surface area contributed by atoms with E-state index >= 15 is 0 Å². The largest absolute Gasteiger partial charge is 0.499 e. The lowest BCUT2D eigenvalue weighted by molar-refractivity contribution is 0.0911. The lowest BCUT2D eigenvalue weighted by atomic mass is 10.1. The van der Waals surface area contributed by atoms with Gasteiger partial charge >= 0.3 is 0 Å². The summed E-state index contributed by atoms with van der Waals surface area (Å²) in [6.45, 7) is 6.42. The molecular formula is C14H26O2. The Bertz CT molecular complexity index is 229. The Balaban J connectivity index is 4.31. The van der Waals surface area contributed by atoms with E-state index in [1.54, 1.807) is 14.2 Å². The zero-order valence-electron chi connectivity index (χ0n) is 11.4. The maximum Gasteiger partial charge on any atom is 0.120 e. The smallest absolute Gasteiger partial charge is 0.120 e. The second kappa shape index (κ2) is 9.46. The number of ether oxygens (including phenoxy) is 2. The molecule has 0 rings (SSSR count). The van der Waals surface area contributed by atoms with Gasteiger partial charge in [-0.1, -0.05) is 31.9 Å². The van der Waals surface area contributed by atoms with E-state index in [1.807, 2.05) is 6.92 Å². The summed E-state index contributed by atoms with van der Waals surface area (Å²) < 4.78 is 10.5. The van der Waals surface area contributed by atoms with E-state index in [1.165, 1.54) is 18.4 Å². The average Bonchev–Trinajstić information content (AvgIpc) is 2.32. The minimum absolute atomic E-state index is 0.0367. The molecule has 0 aliphatic heterocycles. The number of rotatable bonds is 8. The van der Waals surface area contributed by atoms with Gasteiger partial charge in [0.2, 0.25) is 0 Å². The van der Waals surface area contributed by atoms with Crippen molar-refractivity contribution in [3.63, 3.8) is 0 Å². The molecular weight excluding hydrogens is 200 g/mol. The minimum atomic E-state index is 0.0367. The van der Waals surface area contributed by atoms with Gasteiger partial charge < -0.3 is 9.47 Å². The fourth-order valence-corrected chi connectivity index (χ4v) is 1.62. The molecule has 0 fully saturated rings. The van der Waals surface area contributed by atoms with Crippen LogP contribution < -0.4 is 0 Å². The fourth-order valence-electron chi connectivity index (χ4n) is 1.62. The van der Waals surface area contributed by atoms with Crippen molar-refractivity contribution in [1.29, 1.82) is 0 Å². The summed E-state index contributed by atoms with van der Waals surface area (Å²) in [6, 6.07) is 0. The topological polar surface area (TPSA) is 18.5 Å². The summed E-state index contributed by atoms with van der Waals surface area (Å²) in [7, 11) is 3.39. The summed E-state index contributed by atoms with van der Waals surface area (Å²) in [5.74, 6) is 0.908. The van der Waals surface area contributed by atoms with Crippen LogP contribution in [0.25, 0.3) is 0 Å². The maximum atomic E-state index is 5.29. The van der Waals surface area contributed by atoms with Crippen molar-refractivity contribution in [3.8, 4) is 0 Å². The molecule has 1 unspecified atom stereocenters. The van der Waals surface area contributed by atoms with Crippen molar-refractivity contribution in [2.24, 2.45) is 0 Å². The van der Waals surface area contributed by atoms with E-state index in [9.17, 15) is 0 Å². The highest BCUT2D eigenvalue weighted by molar-refractivity contribution is 5.08. The highest BCUT2D eigenvalue weighted by atomic mass is 16.5. The zero-order chi connectivity index (χ0) is 12.4. The van der Waals surface area contributed by atoms with Crippen molar-refractivity contribution in [2.45, 2.75) is 52.6 Å². The molecule has 16 heavy (non-hydrogen) atoms. The van der Waals surface area contributed by atoms with Crippen LogP contribution in [0.5, 0.6) is 0 Å². The van der Waals surface area contributed by atoms with Crippen LogP contribution in [0, 0.1) is 0 Å². The van der Waals surface area contributed by atoms with Crippen LogP contribution in [0.15, 0.2) is 23.5 Å². The molecule has 1 atom stereocenters. The molecule has 0 aromatic heterocycles. The third-order valence-electron chi connectivity index (χ3n) is 2.74. The van der Waals surface area contributed by atoms with Crippen LogP contribution in [0.2, 0.25) is 0 Å². The molecule has 0 N–H and O–H groups in total. The second-order valence-electron chi connectivity index (χ2n) is 3.89. The first-order chi connectivity index (χ1) is 7.69. The normalized spacial score (nSPS) is 15.1.